The Bertz CT molecular complexity index is 781. The number of rotatable bonds is 4. The van der Waals surface area contributed by atoms with E-state index >= 15 is 0 Å². The quantitative estimate of drug-likeness (QED) is 0.919. The number of amides is 2. The molecule has 3 rings (SSSR count). The van der Waals surface area contributed by atoms with Gasteiger partial charge in [-0.25, -0.2) is 4.98 Å². The SMILES string of the molecule is CCc1ccccc1Nc1ccc(C(=O)N2CCN(C(C)=O)CC2)cn1. The summed E-state index contributed by atoms with van der Waals surface area (Å²) in [5.41, 5.74) is 2.82. The van der Waals surface area contributed by atoms with Gasteiger partial charge in [-0.05, 0) is 30.2 Å². The Kier molecular flexibility index (Phi) is 5.51. The van der Waals surface area contributed by atoms with E-state index in [-0.39, 0.29) is 11.8 Å². The monoisotopic (exact) mass is 352 g/mol. The van der Waals surface area contributed by atoms with Crippen molar-refractivity contribution < 1.29 is 9.59 Å². The van der Waals surface area contributed by atoms with Crippen molar-refractivity contribution in [1.82, 2.24) is 14.8 Å². The van der Waals surface area contributed by atoms with E-state index in [2.05, 4.69) is 23.3 Å². The molecule has 0 spiro atoms. The standard InChI is InChI=1S/C20H24N4O2/c1-3-16-6-4-5-7-18(16)22-19-9-8-17(14-21-19)20(26)24-12-10-23(11-13-24)15(2)25/h4-9,14H,3,10-13H2,1-2H3,(H,21,22). The van der Waals surface area contributed by atoms with Crippen LogP contribution in [0.3, 0.4) is 0 Å². The number of para-hydroxylation sites is 1. The number of piperazine rings is 1. The summed E-state index contributed by atoms with van der Waals surface area (Å²) in [7, 11) is 0. The van der Waals surface area contributed by atoms with Gasteiger partial charge >= 0.3 is 0 Å². The van der Waals surface area contributed by atoms with Crippen LogP contribution < -0.4 is 5.32 Å². The van der Waals surface area contributed by atoms with E-state index in [1.165, 1.54) is 5.56 Å². The summed E-state index contributed by atoms with van der Waals surface area (Å²) in [5, 5.41) is 3.31. The van der Waals surface area contributed by atoms with Gasteiger partial charge in [-0.1, -0.05) is 25.1 Å². The summed E-state index contributed by atoms with van der Waals surface area (Å²) in [5.74, 6) is 0.728. The van der Waals surface area contributed by atoms with E-state index in [4.69, 9.17) is 0 Å². The molecule has 1 saturated heterocycles. The highest BCUT2D eigenvalue weighted by Crippen LogP contribution is 2.20. The summed E-state index contributed by atoms with van der Waals surface area (Å²) in [6, 6.07) is 11.7. The highest BCUT2D eigenvalue weighted by molar-refractivity contribution is 5.94. The first-order valence-electron chi connectivity index (χ1n) is 8.94. The molecule has 1 fully saturated rings. The maximum atomic E-state index is 12.6. The highest BCUT2D eigenvalue weighted by atomic mass is 16.2. The molecule has 2 heterocycles. The van der Waals surface area contributed by atoms with Crippen molar-refractivity contribution in [2.24, 2.45) is 0 Å². The van der Waals surface area contributed by atoms with Crippen molar-refractivity contribution in [3.05, 3.63) is 53.7 Å². The first-order valence-corrected chi connectivity index (χ1v) is 8.94. The Morgan fingerprint density at radius 1 is 1.04 bits per heavy atom. The van der Waals surface area contributed by atoms with Crippen LogP contribution in [-0.4, -0.2) is 52.8 Å². The van der Waals surface area contributed by atoms with Crippen LogP contribution in [0, 0.1) is 0 Å². The summed E-state index contributed by atoms with van der Waals surface area (Å²) < 4.78 is 0. The Labute approximate surface area is 153 Å². The lowest BCUT2D eigenvalue weighted by Gasteiger charge is -2.34. The van der Waals surface area contributed by atoms with Gasteiger partial charge in [0.25, 0.3) is 5.91 Å². The molecule has 6 nitrogen and oxygen atoms in total. The van der Waals surface area contributed by atoms with Gasteiger partial charge in [0, 0.05) is 45.0 Å². The van der Waals surface area contributed by atoms with Crippen molar-refractivity contribution in [2.45, 2.75) is 20.3 Å². The van der Waals surface area contributed by atoms with Crippen molar-refractivity contribution in [3.63, 3.8) is 0 Å². The zero-order valence-electron chi connectivity index (χ0n) is 15.2. The molecule has 26 heavy (non-hydrogen) atoms. The molecule has 0 radical (unpaired) electrons. The number of carbonyl (C=O) groups is 2. The Morgan fingerprint density at radius 2 is 1.73 bits per heavy atom. The maximum absolute atomic E-state index is 12.6. The first kappa shape index (κ1) is 17.9. The van der Waals surface area contributed by atoms with E-state index in [1.54, 1.807) is 29.0 Å². The summed E-state index contributed by atoms with van der Waals surface area (Å²) in [6.07, 6.45) is 2.54. The van der Waals surface area contributed by atoms with Crippen molar-refractivity contribution in [1.29, 1.82) is 0 Å². The minimum Gasteiger partial charge on any atom is -0.340 e. The smallest absolute Gasteiger partial charge is 0.255 e. The molecule has 6 heteroatoms. The normalized spacial score (nSPS) is 14.2. The highest BCUT2D eigenvalue weighted by Gasteiger charge is 2.23. The van der Waals surface area contributed by atoms with Gasteiger partial charge in [0.15, 0.2) is 0 Å². The van der Waals surface area contributed by atoms with E-state index in [0.717, 1.165) is 12.1 Å². The Morgan fingerprint density at radius 3 is 2.35 bits per heavy atom. The average Bonchev–Trinajstić information content (AvgIpc) is 2.68. The first-order chi connectivity index (χ1) is 12.6. The van der Waals surface area contributed by atoms with Crippen LogP contribution in [0.4, 0.5) is 11.5 Å². The fourth-order valence-corrected chi connectivity index (χ4v) is 3.09. The minimum atomic E-state index is -0.0405. The molecular formula is C20H24N4O2. The second-order valence-corrected chi connectivity index (χ2v) is 6.37. The predicted octanol–water partition coefficient (Wildman–Crippen LogP) is 2.69. The van der Waals surface area contributed by atoms with Crippen LogP contribution in [0.25, 0.3) is 0 Å². The number of hydrogen-bond donors (Lipinski definition) is 1. The molecule has 0 unspecified atom stereocenters. The number of nitrogens with zero attached hydrogens (tertiary/aromatic N) is 3. The molecule has 136 valence electrons. The predicted molar refractivity (Wildman–Crippen MR) is 101 cm³/mol. The molecule has 1 aliphatic heterocycles. The number of hydrogen-bond acceptors (Lipinski definition) is 4. The van der Waals surface area contributed by atoms with Gasteiger partial charge in [0.05, 0.1) is 5.56 Å². The number of aromatic nitrogens is 1. The fourth-order valence-electron chi connectivity index (χ4n) is 3.09. The van der Waals surface area contributed by atoms with Gasteiger partial charge in [0.1, 0.15) is 5.82 Å². The van der Waals surface area contributed by atoms with E-state index in [0.29, 0.717) is 37.6 Å². The number of pyridine rings is 1. The zero-order valence-corrected chi connectivity index (χ0v) is 15.2. The van der Waals surface area contributed by atoms with Crippen LogP contribution in [0.5, 0.6) is 0 Å². The number of aryl methyl sites for hydroxylation is 1. The number of benzene rings is 1. The van der Waals surface area contributed by atoms with Gasteiger partial charge in [0.2, 0.25) is 5.91 Å². The summed E-state index contributed by atoms with van der Waals surface area (Å²) in [6.45, 7) is 5.96. The second kappa shape index (κ2) is 7.99. The van der Waals surface area contributed by atoms with E-state index < -0.39 is 0 Å². The van der Waals surface area contributed by atoms with Gasteiger partial charge in [-0.2, -0.15) is 0 Å². The minimum absolute atomic E-state index is 0.0405. The van der Waals surface area contributed by atoms with Crippen LogP contribution in [0.2, 0.25) is 0 Å². The number of nitrogens with one attached hydrogen (secondary N) is 1. The third-order valence-electron chi connectivity index (χ3n) is 4.68. The van der Waals surface area contributed by atoms with Gasteiger partial charge in [-0.15, -0.1) is 0 Å². The van der Waals surface area contributed by atoms with Crippen LogP contribution in [0.1, 0.15) is 29.8 Å². The Balaban J connectivity index is 1.64. The lowest BCUT2D eigenvalue weighted by molar-refractivity contribution is -0.130. The maximum Gasteiger partial charge on any atom is 0.255 e. The van der Waals surface area contributed by atoms with E-state index in [9.17, 15) is 9.59 Å². The summed E-state index contributed by atoms with van der Waals surface area (Å²) in [4.78, 5) is 31.9. The molecule has 0 saturated carbocycles. The number of anilines is 2. The second-order valence-electron chi connectivity index (χ2n) is 6.37. The molecule has 1 N–H and O–H groups in total. The largest absolute Gasteiger partial charge is 0.340 e. The van der Waals surface area contributed by atoms with E-state index in [1.807, 2.05) is 24.3 Å². The Hall–Kier alpha value is -2.89. The van der Waals surface area contributed by atoms with Crippen molar-refractivity contribution in [2.75, 3.05) is 31.5 Å². The average molecular weight is 352 g/mol. The van der Waals surface area contributed by atoms with Crippen LogP contribution in [-0.2, 0) is 11.2 Å². The molecule has 0 aliphatic carbocycles. The number of carbonyl (C=O) groups excluding carboxylic acids is 2. The summed E-state index contributed by atoms with van der Waals surface area (Å²) >= 11 is 0. The third kappa shape index (κ3) is 4.02. The molecule has 2 aromatic rings. The third-order valence-corrected chi connectivity index (χ3v) is 4.68. The van der Waals surface area contributed by atoms with Gasteiger partial charge < -0.3 is 15.1 Å². The zero-order chi connectivity index (χ0) is 18.5. The molecule has 1 aromatic heterocycles. The van der Waals surface area contributed by atoms with Crippen molar-refractivity contribution >= 4 is 23.3 Å². The topological polar surface area (TPSA) is 65.5 Å². The molecule has 1 aliphatic rings. The van der Waals surface area contributed by atoms with Gasteiger partial charge in [-0.3, -0.25) is 9.59 Å². The molecule has 1 aromatic carbocycles. The molecular weight excluding hydrogens is 328 g/mol. The molecule has 2 amide bonds. The van der Waals surface area contributed by atoms with Crippen molar-refractivity contribution in [3.8, 4) is 0 Å². The van der Waals surface area contributed by atoms with Crippen LogP contribution in [0.15, 0.2) is 42.6 Å². The molecule has 0 atom stereocenters. The fraction of sp³-hybridized carbons (Fsp3) is 0.350. The molecule has 0 bridgehead atoms. The lowest BCUT2D eigenvalue weighted by Crippen LogP contribution is -2.50. The lowest BCUT2D eigenvalue weighted by atomic mass is 10.1. The van der Waals surface area contributed by atoms with Crippen LogP contribution >= 0.6 is 0 Å².